The summed E-state index contributed by atoms with van der Waals surface area (Å²) in [6, 6.07) is 11.5. The average molecular weight is 421 g/mol. The second kappa shape index (κ2) is 8.00. The SMILES string of the molecule is N#Cc1c(C(F)(F)F)cc(-c2cccs2)nc1SCc1ccc([N+](=O)[O-])cc1. The quantitative estimate of drug-likeness (QED) is 0.291. The molecule has 0 bridgehead atoms. The molecule has 28 heavy (non-hydrogen) atoms. The fourth-order valence-electron chi connectivity index (χ4n) is 2.37. The molecule has 3 aromatic rings. The first kappa shape index (κ1) is 19.9. The van der Waals surface area contributed by atoms with Crippen LogP contribution in [0.5, 0.6) is 0 Å². The monoisotopic (exact) mass is 421 g/mol. The van der Waals surface area contributed by atoms with Crippen LogP contribution in [0, 0.1) is 21.4 Å². The number of thiophene rings is 1. The van der Waals surface area contributed by atoms with E-state index in [0.29, 0.717) is 10.4 Å². The summed E-state index contributed by atoms with van der Waals surface area (Å²) in [5.41, 5.74) is -0.827. The van der Waals surface area contributed by atoms with E-state index >= 15 is 0 Å². The number of nitro benzene ring substituents is 1. The lowest BCUT2D eigenvalue weighted by Gasteiger charge is -2.13. The van der Waals surface area contributed by atoms with Crippen LogP contribution >= 0.6 is 23.1 Å². The summed E-state index contributed by atoms with van der Waals surface area (Å²) in [4.78, 5) is 15.0. The summed E-state index contributed by atoms with van der Waals surface area (Å²) in [5.74, 6) is 0.213. The molecule has 0 N–H and O–H groups in total. The lowest BCUT2D eigenvalue weighted by atomic mass is 10.1. The van der Waals surface area contributed by atoms with Gasteiger partial charge in [0.2, 0.25) is 0 Å². The lowest BCUT2D eigenvalue weighted by Crippen LogP contribution is -2.10. The molecule has 0 spiro atoms. The number of hydrogen-bond donors (Lipinski definition) is 0. The highest BCUT2D eigenvalue weighted by Gasteiger charge is 2.36. The molecule has 3 rings (SSSR count). The van der Waals surface area contributed by atoms with Gasteiger partial charge in [0.1, 0.15) is 11.1 Å². The molecule has 142 valence electrons. The van der Waals surface area contributed by atoms with Crippen LogP contribution in [0.15, 0.2) is 52.9 Å². The molecule has 1 aromatic carbocycles. The zero-order valence-corrected chi connectivity index (χ0v) is 15.6. The summed E-state index contributed by atoms with van der Waals surface area (Å²) in [6.45, 7) is 0. The number of aromatic nitrogens is 1. The van der Waals surface area contributed by atoms with Crippen molar-refractivity contribution in [2.75, 3.05) is 0 Å². The Morgan fingerprint density at radius 1 is 1.25 bits per heavy atom. The molecule has 5 nitrogen and oxygen atoms in total. The van der Waals surface area contributed by atoms with E-state index in [1.807, 2.05) is 0 Å². The molecule has 0 aliphatic heterocycles. The summed E-state index contributed by atoms with van der Waals surface area (Å²) in [5, 5.41) is 21.7. The van der Waals surface area contributed by atoms with Crippen molar-refractivity contribution < 1.29 is 18.1 Å². The van der Waals surface area contributed by atoms with Crippen molar-refractivity contribution in [2.24, 2.45) is 0 Å². The minimum Gasteiger partial charge on any atom is -0.258 e. The maximum atomic E-state index is 13.5. The number of thioether (sulfide) groups is 1. The van der Waals surface area contributed by atoms with Crippen LogP contribution in [-0.2, 0) is 11.9 Å². The number of benzene rings is 1. The Morgan fingerprint density at radius 2 is 1.96 bits per heavy atom. The molecule has 0 radical (unpaired) electrons. The van der Waals surface area contributed by atoms with Gasteiger partial charge in [-0.05, 0) is 23.1 Å². The van der Waals surface area contributed by atoms with Gasteiger partial charge in [0, 0.05) is 17.9 Å². The fourth-order valence-corrected chi connectivity index (χ4v) is 4.02. The van der Waals surface area contributed by atoms with Crippen LogP contribution in [-0.4, -0.2) is 9.91 Å². The molecule has 0 atom stereocenters. The normalized spacial score (nSPS) is 11.2. The van der Waals surface area contributed by atoms with Crippen LogP contribution in [0.4, 0.5) is 18.9 Å². The Labute approximate surface area is 165 Å². The predicted molar refractivity (Wildman–Crippen MR) is 99.9 cm³/mol. The number of rotatable bonds is 5. The number of non-ortho nitro benzene ring substituents is 1. The molecule has 0 unspecified atom stereocenters. The van der Waals surface area contributed by atoms with E-state index in [1.54, 1.807) is 23.6 Å². The van der Waals surface area contributed by atoms with Crippen molar-refractivity contribution in [1.82, 2.24) is 4.98 Å². The third-order valence-corrected chi connectivity index (χ3v) is 5.64. The Bertz CT molecular complexity index is 1040. The molecule has 0 saturated carbocycles. The number of nitrogens with zero attached hydrogens (tertiary/aromatic N) is 3. The van der Waals surface area contributed by atoms with Gasteiger partial charge in [-0.3, -0.25) is 10.1 Å². The molecule has 0 saturated heterocycles. The van der Waals surface area contributed by atoms with Crippen molar-refractivity contribution in [1.29, 1.82) is 5.26 Å². The zero-order chi connectivity index (χ0) is 20.3. The largest absolute Gasteiger partial charge is 0.417 e. The van der Waals surface area contributed by atoms with Crippen molar-refractivity contribution in [3.63, 3.8) is 0 Å². The third-order valence-electron chi connectivity index (χ3n) is 3.70. The predicted octanol–water partition coefficient (Wildman–Crippen LogP) is 5.90. The summed E-state index contributed by atoms with van der Waals surface area (Å²) in [7, 11) is 0. The van der Waals surface area contributed by atoms with Crippen molar-refractivity contribution in [3.05, 3.63) is 74.6 Å². The smallest absolute Gasteiger partial charge is 0.258 e. The molecule has 0 fully saturated rings. The molecule has 10 heteroatoms. The zero-order valence-electron chi connectivity index (χ0n) is 13.9. The first-order valence-corrected chi connectivity index (χ1v) is 9.58. The molecule has 2 aromatic heterocycles. The number of nitriles is 1. The summed E-state index contributed by atoms with van der Waals surface area (Å²) in [6.07, 6.45) is -4.69. The maximum absolute atomic E-state index is 13.5. The molecule has 0 aliphatic rings. The van der Waals surface area contributed by atoms with Gasteiger partial charge in [0.05, 0.1) is 26.6 Å². The minimum absolute atomic E-state index is 0.0286. The second-order valence-corrected chi connectivity index (χ2v) is 7.45. The van der Waals surface area contributed by atoms with Crippen LogP contribution in [0.3, 0.4) is 0 Å². The van der Waals surface area contributed by atoms with Crippen LogP contribution in [0.25, 0.3) is 10.6 Å². The first-order valence-electron chi connectivity index (χ1n) is 7.72. The highest BCUT2D eigenvalue weighted by atomic mass is 32.2. The first-order chi connectivity index (χ1) is 13.3. The van der Waals surface area contributed by atoms with Gasteiger partial charge in [0.15, 0.2) is 0 Å². The molecule has 0 amide bonds. The highest BCUT2D eigenvalue weighted by Crippen LogP contribution is 2.39. The summed E-state index contributed by atoms with van der Waals surface area (Å²) >= 11 is 2.23. The van der Waals surface area contributed by atoms with Crippen LogP contribution in [0.1, 0.15) is 16.7 Å². The van der Waals surface area contributed by atoms with E-state index in [4.69, 9.17) is 0 Å². The number of nitro groups is 1. The van der Waals surface area contributed by atoms with Crippen molar-refractivity contribution in [3.8, 4) is 16.6 Å². The van der Waals surface area contributed by atoms with E-state index in [1.165, 1.54) is 35.6 Å². The Hall–Kier alpha value is -2.90. The highest BCUT2D eigenvalue weighted by molar-refractivity contribution is 7.98. The van der Waals surface area contributed by atoms with E-state index in [0.717, 1.165) is 17.8 Å². The lowest BCUT2D eigenvalue weighted by molar-refractivity contribution is -0.384. The number of pyridine rings is 1. The van der Waals surface area contributed by atoms with Crippen molar-refractivity contribution in [2.45, 2.75) is 17.0 Å². The standard InChI is InChI=1S/C18H10F3N3O2S2/c19-18(20,21)14-8-15(16-2-1-7-27-16)23-17(13(14)9-22)28-10-11-3-5-12(6-4-11)24(25)26/h1-8H,10H2. The van der Waals surface area contributed by atoms with E-state index in [2.05, 4.69) is 4.98 Å². The number of alkyl halides is 3. The van der Waals surface area contributed by atoms with Gasteiger partial charge in [-0.1, -0.05) is 18.2 Å². The Balaban J connectivity index is 1.97. The molecule has 0 aliphatic carbocycles. The molecule has 2 heterocycles. The third kappa shape index (κ3) is 4.32. The van der Waals surface area contributed by atoms with Gasteiger partial charge < -0.3 is 0 Å². The van der Waals surface area contributed by atoms with Gasteiger partial charge in [0.25, 0.3) is 5.69 Å². The van der Waals surface area contributed by atoms with E-state index < -0.39 is 22.2 Å². The van der Waals surface area contributed by atoms with E-state index in [9.17, 15) is 28.5 Å². The Morgan fingerprint density at radius 3 is 2.50 bits per heavy atom. The average Bonchev–Trinajstić information content (AvgIpc) is 3.20. The minimum atomic E-state index is -4.69. The van der Waals surface area contributed by atoms with Crippen LogP contribution < -0.4 is 0 Å². The summed E-state index contributed by atoms with van der Waals surface area (Å²) < 4.78 is 40.4. The maximum Gasteiger partial charge on any atom is 0.417 e. The van der Waals surface area contributed by atoms with Gasteiger partial charge in [-0.2, -0.15) is 18.4 Å². The van der Waals surface area contributed by atoms with Gasteiger partial charge >= 0.3 is 6.18 Å². The number of halogens is 3. The molecular formula is C18H10F3N3O2S2. The molecular weight excluding hydrogens is 411 g/mol. The fraction of sp³-hybridized carbons (Fsp3) is 0.111. The van der Waals surface area contributed by atoms with E-state index in [-0.39, 0.29) is 22.2 Å². The van der Waals surface area contributed by atoms with Gasteiger partial charge in [-0.25, -0.2) is 4.98 Å². The topological polar surface area (TPSA) is 79.8 Å². The van der Waals surface area contributed by atoms with Gasteiger partial charge in [-0.15, -0.1) is 23.1 Å². The van der Waals surface area contributed by atoms with Crippen LogP contribution in [0.2, 0.25) is 0 Å². The van der Waals surface area contributed by atoms with Crippen molar-refractivity contribution >= 4 is 28.8 Å². The second-order valence-electron chi connectivity index (χ2n) is 5.53. The Kier molecular flexibility index (Phi) is 5.67. The number of hydrogen-bond acceptors (Lipinski definition) is 6.